The number of benzene rings is 2. The predicted molar refractivity (Wildman–Crippen MR) is 101 cm³/mol. The van der Waals surface area contributed by atoms with Crippen molar-refractivity contribution in [3.63, 3.8) is 0 Å². The van der Waals surface area contributed by atoms with E-state index >= 15 is 0 Å². The largest absolute Gasteiger partial charge is 0.497 e. The first kappa shape index (κ1) is 19.8. The molecule has 0 aliphatic heterocycles. The molecule has 3 N–H and O–H groups in total. The van der Waals surface area contributed by atoms with Crippen LogP contribution in [-0.4, -0.2) is 19.6 Å². The van der Waals surface area contributed by atoms with Gasteiger partial charge in [0.15, 0.2) is 0 Å². The number of halogens is 1. The van der Waals surface area contributed by atoms with Crippen molar-refractivity contribution in [3.8, 4) is 5.75 Å². The summed E-state index contributed by atoms with van der Waals surface area (Å²) in [4.78, 5) is 12.1. The first-order valence-corrected chi connectivity index (χ1v) is 7.83. The van der Waals surface area contributed by atoms with E-state index in [1.54, 1.807) is 7.11 Å². The second-order valence-electron chi connectivity index (χ2n) is 5.72. The Morgan fingerprint density at radius 2 is 1.92 bits per heavy atom. The van der Waals surface area contributed by atoms with Gasteiger partial charge in [0, 0.05) is 18.7 Å². The fourth-order valence-electron chi connectivity index (χ4n) is 2.45. The molecule has 2 aromatic carbocycles. The van der Waals surface area contributed by atoms with Crippen molar-refractivity contribution in [3.05, 3.63) is 59.7 Å². The summed E-state index contributed by atoms with van der Waals surface area (Å²) in [6, 6.07) is 15.6. The number of anilines is 1. The summed E-state index contributed by atoms with van der Waals surface area (Å²) in [7, 11) is 1.65. The molecule has 0 radical (unpaired) electrons. The van der Waals surface area contributed by atoms with Crippen LogP contribution in [0.3, 0.4) is 0 Å². The van der Waals surface area contributed by atoms with Crippen LogP contribution < -0.4 is 15.8 Å². The first-order chi connectivity index (χ1) is 11.1. The second-order valence-corrected chi connectivity index (χ2v) is 5.72. The van der Waals surface area contributed by atoms with Crippen LogP contribution in [0.15, 0.2) is 48.5 Å². The van der Waals surface area contributed by atoms with Crippen molar-refractivity contribution >= 4 is 24.0 Å². The number of hydrogen-bond donors (Lipinski definition) is 2. The van der Waals surface area contributed by atoms with Gasteiger partial charge in [-0.3, -0.25) is 4.79 Å². The molecule has 0 saturated heterocycles. The monoisotopic (exact) mass is 348 g/mol. The lowest BCUT2D eigenvalue weighted by Gasteiger charge is -2.13. The molecule has 0 bridgehead atoms. The zero-order valence-electron chi connectivity index (χ0n) is 14.1. The zero-order valence-corrected chi connectivity index (χ0v) is 14.9. The molecular weight excluding hydrogens is 324 g/mol. The fraction of sp³-hybridized carbons (Fsp3) is 0.316. The number of rotatable bonds is 7. The van der Waals surface area contributed by atoms with E-state index in [1.807, 2.05) is 55.5 Å². The van der Waals surface area contributed by atoms with Crippen molar-refractivity contribution in [1.29, 1.82) is 0 Å². The minimum Gasteiger partial charge on any atom is -0.497 e. The summed E-state index contributed by atoms with van der Waals surface area (Å²) in [6.45, 7) is 2.68. The Balaban J connectivity index is 0.00000288. The number of nitrogens with one attached hydrogen (secondary N) is 1. The van der Waals surface area contributed by atoms with Gasteiger partial charge in [0.2, 0.25) is 5.91 Å². The highest BCUT2D eigenvalue weighted by Gasteiger charge is 2.11. The van der Waals surface area contributed by atoms with Crippen LogP contribution in [0.5, 0.6) is 5.75 Å². The van der Waals surface area contributed by atoms with Crippen LogP contribution in [-0.2, 0) is 11.2 Å². The minimum absolute atomic E-state index is 0. The Hall–Kier alpha value is -2.20. The number of carbonyl (C=O) groups excluding carboxylic acids is 1. The van der Waals surface area contributed by atoms with Crippen LogP contribution in [0.2, 0.25) is 0 Å². The van der Waals surface area contributed by atoms with Crippen molar-refractivity contribution in [2.45, 2.75) is 25.7 Å². The Bertz CT molecular complexity index is 644. The standard InChI is InChI=1S/C19H24N2O2.ClH/c1-14(16-4-3-5-18(13-16)23-2)12-19(22)21-11-10-15-6-8-17(20)9-7-15;/h3-9,13-14H,10-12,20H2,1-2H3,(H,21,22);1H. The molecule has 1 unspecified atom stereocenters. The third-order valence-electron chi connectivity index (χ3n) is 3.87. The SMILES string of the molecule is COc1cccc(C(C)CC(=O)NCCc2ccc(N)cc2)c1.Cl. The third kappa shape index (κ3) is 6.13. The van der Waals surface area contributed by atoms with Gasteiger partial charge in [-0.2, -0.15) is 0 Å². The van der Waals surface area contributed by atoms with Gasteiger partial charge in [0.1, 0.15) is 5.75 Å². The van der Waals surface area contributed by atoms with Gasteiger partial charge in [0.05, 0.1) is 7.11 Å². The third-order valence-corrected chi connectivity index (χ3v) is 3.87. The maximum absolute atomic E-state index is 12.1. The highest BCUT2D eigenvalue weighted by Crippen LogP contribution is 2.22. The molecule has 0 fully saturated rings. The smallest absolute Gasteiger partial charge is 0.220 e. The first-order valence-electron chi connectivity index (χ1n) is 7.83. The number of methoxy groups -OCH3 is 1. The molecule has 24 heavy (non-hydrogen) atoms. The summed E-state index contributed by atoms with van der Waals surface area (Å²) in [5, 5.41) is 2.97. The normalized spacial score (nSPS) is 11.2. The summed E-state index contributed by atoms with van der Waals surface area (Å²) < 4.78 is 5.22. The molecule has 0 spiro atoms. The number of hydrogen-bond acceptors (Lipinski definition) is 3. The fourth-order valence-corrected chi connectivity index (χ4v) is 2.45. The van der Waals surface area contributed by atoms with Gasteiger partial charge in [-0.05, 0) is 47.7 Å². The number of amides is 1. The van der Waals surface area contributed by atoms with Gasteiger partial charge in [-0.15, -0.1) is 12.4 Å². The number of carbonyl (C=O) groups is 1. The van der Waals surface area contributed by atoms with E-state index in [9.17, 15) is 4.79 Å². The lowest BCUT2D eigenvalue weighted by Crippen LogP contribution is -2.26. The van der Waals surface area contributed by atoms with Crippen LogP contribution >= 0.6 is 12.4 Å². The summed E-state index contributed by atoms with van der Waals surface area (Å²) in [5.41, 5.74) is 8.69. The summed E-state index contributed by atoms with van der Waals surface area (Å²) in [5.74, 6) is 1.04. The topological polar surface area (TPSA) is 64.3 Å². The van der Waals surface area contributed by atoms with E-state index in [2.05, 4.69) is 5.32 Å². The molecule has 1 atom stereocenters. The van der Waals surface area contributed by atoms with E-state index in [0.717, 1.165) is 23.4 Å². The van der Waals surface area contributed by atoms with E-state index in [4.69, 9.17) is 10.5 Å². The molecule has 0 saturated carbocycles. The average Bonchev–Trinajstić information content (AvgIpc) is 2.56. The lowest BCUT2D eigenvalue weighted by atomic mass is 9.97. The van der Waals surface area contributed by atoms with Gasteiger partial charge in [0.25, 0.3) is 0 Å². The number of ether oxygens (including phenoxy) is 1. The van der Waals surface area contributed by atoms with Crippen LogP contribution in [0, 0.1) is 0 Å². The van der Waals surface area contributed by atoms with Gasteiger partial charge in [-0.1, -0.05) is 31.2 Å². The van der Waals surface area contributed by atoms with Gasteiger partial charge >= 0.3 is 0 Å². The van der Waals surface area contributed by atoms with E-state index in [-0.39, 0.29) is 24.2 Å². The van der Waals surface area contributed by atoms with Crippen molar-refractivity contribution in [2.24, 2.45) is 0 Å². The molecule has 1 amide bonds. The van der Waals surface area contributed by atoms with Crippen molar-refractivity contribution < 1.29 is 9.53 Å². The van der Waals surface area contributed by atoms with Gasteiger partial charge < -0.3 is 15.8 Å². The molecule has 0 aliphatic rings. The highest BCUT2D eigenvalue weighted by atomic mass is 35.5. The maximum atomic E-state index is 12.1. The minimum atomic E-state index is 0. The molecule has 130 valence electrons. The molecule has 2 rings (SSSR count). The zero-order chi connectivity index (χ0) is 16.7. The van der Waals surface area contributed by atoms with E-state index in [1.165, 1.54) is 5.56 Å². The Kier molecular flexibility index (Phi) is 8.13. The second kappa shape index (κ2) is 9.83. The Labute approximate surface area is 149 Å². The molecule has 0 aliphatic carbocycles. The lowest BCUT2D eigenvalue weighted by molar-refractivity contribution is -0.121. The van der Waals surface area contributed by atoms with Crippen LogP contribution in [0.25, 0.3) is 0 Å². The molecule has 0 aromatic heterocycles. The molecule has 2 aromatic rings. The van der Waals surface area contributed by atoms with Crippen molar-refractivity contribution in [1.82, 2.24) is 5.32 Å². The van der Waals surface area contributed by atoms with E-state index < -0.39 is 0 Å². The molecular formula is C19H25ClN2O2. The quantitative estimate of drug-likeness (QED) is 0.752. The van der Waals surface area contributed by atoms with Gasteiger partial charge in [-0.25, -0.2) is 0 Å². The summed E-state index contributed by atoms with van der Waals surface area (Å²) in [6.07, 6.45) is 1.27. The van der Waals surface area contributed by atoms with Crippen LogP contribution in [0.1, 0.15) is 30.4 Å². The number of nitrogen functional groups attached to an aromatic ring is 1. The molecule has 4 nitrogen and oxygen atoms in total. The Morgan fingerprint density at radius 3 is 2.58 bits per heavy atom. The number of nitrogens with two attached hydrogens (primary N) is 1. The summed E-state index contributed by atoms with van der Waals surface area (Å²) >= 11 is 0. The average molecular weight is 349 g/mol. The van der Waals surface area contributed by atoms with Crippen molar-refractivity contribution in [2.75, 3.05) is 19.4 Å². The molecule has 5 heteroatoms. The highest BCUT2D eigenvalue weighted by molar-refractivity contribution is 5.85. The van der Waals surface area contributed by atoms with Crippen LogP contribution in [0.4, 0.5) is 5.69 Å². The maximum Gasteiger partial charge on any atom is 0.220 e. The Morgan fingerprint density at radius 1 is 1.21 bits per heavy atom. The van der Waals surface area contributed by atoms with E-state index in [0.29, 0.717) is 13.0 Å². The molecule has 0 heterocycles. The predicted octanol–water partition coefficient (Wildman–Crippen LogP) is 3.55.